The zero-order valence-electron chi connectivity index (χ0n) is 17.1. The lowest BCUT2D eigenvalue weighted by atomic mass is 10.0. The number of allylic oxidation sites excluding steroid dienone is 1. The summed E-state index contributed by atoms with van der Waals surface area (Å²) in [5.41, 5.74) is 2.64. The predicted octanol–water partition coefficient (Wildman–Crippen LogP) is 5.57. The molecule has 0 aliphatic rings. The van der Waals surface area contributed by atoms with Gasteiger partial charge in [0, 0.05) is 5.02 Å². The molecule has 3 aromatic carbocycles. The molecule has 0 heterocycles. The van der Waals surface area contributed by atoms with E-state index in [4.69, 9.17) is 25.8 Å². The first kappa shape index (κ1) is 21.9. The summed E-state index contributed by atoms with van der Waals surface area (Å²) in [6.07, 6.45) is 1.80. The number of methoxy groups -OCH3 is 2. The molecule has 0 aliphatic carbocycles. The normalized spacial score (nSPS) is 10.8. The minimum Gasteiger partial charge on any atom is -0.493 e. The Hall–Kier alpha value is -3.75. The Morgan fingerprint density at radius 2 is 1.77 bits per heavy atom. The van der Waals surface area contributed by atoms with E-state index in [0.29, 0.717) is 33.4 Å². The number of halogens is 1. The largest absolute Gasteiger partial charge is 0.493 e. The van der Waals surface area contributed by atoms with E-state index in [1.807, 2.05) is 12.1 Å². The molecule has 0 atom stereocenters. The van der Waals surface area contributed by atoms with Gasteiger partial charge < -0.3 is 14.2 Å². The van der Waals surface area contributed by atoms with Crippen LogP contribution in [0.15, 0.2) is 66.7 Å². The number of rotatable bonds is 7. The molecule has 156 valence electrons. The molecule has 0 spiro atoms. The quantitative estimate of drug-likeness (QED) is 0.211. The van der Waals surface area contributed by atoms with Gasteiger partial charge >= 0.3 is 5.97 Å². The molecule has 3 aromatic rings. The lowest BCUT2D eigenvalue weighted by Gasteiger charge is -2.10. The molecular weight excluding hydrogens is 414 g/mol. The van der Waals surface area contributed by atoms with Crippen molar-refractivity contribution in [3.05, 3.63) is 88.4 Å². The van der Waals surface area contributed by atoms with Gasteiger partial charge in [0.05, 0.1) is 32.3 Å². The topological polar surface area (TPSA) is 68.5 Å². The van der Waals surface area contributed by atoms with Gasteiger partial charge in [-0.15, -0.1) is 0 Å². The Kier molecular flexibility index (Phi) is 7.31. The van der Waals surface area contributed by atoms with E-state index >= 15 is 0 Å². The van der Waals surface area contributed by atoms with Gasteiger partial charge in [0.25, 0.3) is 0 Å². The fourth-order valence-corrected chi connectivity index (χ4v) is 3.19. The summed E-state index contributed by atoms with van der Waals surface area (Å²) >= 11 is 6.02. The van der Waals surface area contributed by atoms with E-state index in [1.165, 1.54) is 7.11 Å². The summed E-state index contributed by atoms with van der Waals surface area (Å²) in [6.45, 7) is 0. The van der Waals surface area contributed by atoms with Crippen LogP contribution in [0.25, 0.3) is 11.6 Å². The van der Waals surface area contributed by atoms with Gasteiger partial charge in [0.15, 0.2) is 11.5 Å². The van der Waals surface area contributed by atoms with Crippen molar-refractivity contribution in [3.63, 3.8) is 0 Å². The van der Waals surface area contributed by atoms with E-state index < -0.39 is 5.97 Å². The first-order valence-electron chi connectivity index (χ1n) is 9.41. The molecule has 0 saturated carbocycles. The fourth-order valence-electron chi connectivity index (χ4n) is 3.00. The molecule has 6 heteroatoms. The zero-order valence-corrected chi connectivity index (χ0v) is 17.8. The van der Waals surface area contributed by atoms with Crippen LogP contribution in [-0.4, -0.2) is 20.2 Å². The van der Waals surface area contributed by atoms with Gasteiger partial charge in [-0.3, -0.25) is 4.79 Å². The first-order chi connectivity index (χ1) is 15.0. The molecule has 0 N–H and O–H groups in total. The summed E-state index contributed by atoms with van der Waals surface area (Å²) in [7, 11) is 3.09. The van der Waals surface area contributed by atoms with E-state index in [9.17, 15) is 10.1 Å². The van der Waals surface area contributed by atoms with Crippen molar-refractivity contribution in [3.8, 4) is 23.3 Å². The SMILES string of the molecule is COc1ccc(CC(=O)Oc2cccc(/C=C(/C#N)c3cccc(Cl)c3)c2)cc1OC. The van der Waals surface area contributed by atoms with Gasteiger partial charge in [-0.2, -0.15) is 5.26 Å². The van der Waals surface area contributed by atoms with Crippen LogP contribution in [-0.2, 0) is 11.2 Å². The summed E-state index contributed by atoms with van der Waals surface area (Å²) < 4.78 is 16.0. The third-order valence-corrected chi connectivity index (χ3v) is 4.69. The van der Waals surface area contributed by atoms with Crippen LogP contribution in [0.5, 0.6) is 17.2 Å². The monoisotopic (exact) mass is 433 g/mol. The number of ether oxygens (including phenoxy) is 3. The van der Waals surface area contributed by atoms with Crippen molar-refractivity contribution < 1.29 is 19.0 Å². The number of carbonyl (C=O) groups is 1. The molecule has 0 saturated heterocycles. The summed E-state index contributed by atoms with van der Waals surface area (Å²) in [6, 6.07) is 21.5. The Morgan fingerprint density at radius 3 is 2.48 bits per heavy atom. The highest BCUT2D eigenvalue weighted by atomic mass is 35.5. The number of hydrogen-bond donors (Lipinski definition) is 0. The van der Waals surface area contributed by atoms with Crippen molar-refractivity contribution >= 4 is 29.2 Å². The molecule has 31 heavy (non-hydrogen) atoms. The third-order valence-electron chi connectivity index (χ3n) is 4.45. The van der Waals surface area contributed by atoms with Gasteiger partial charge in [-0.25, -0.2) is 0 Å². The lowest BCUT2D eigenvalue weighted by Crippen LogP contribution is -2.11. The second kappa shape index (κ2) is 10.3. The Labute approximate surface area is 186 Å². The zero-order chi connectivity index (χ0) is 22.2. The number of nitriles is 1. The summed E-state index contributed by atoms with van der Waals surface area (Å²) in [4.78, 5) is 12.4. The Bertz CT molecular complexity index is 1160. The van der Waals surface area contributed by atoms with Crippen LogP contribution in [0.3, 0.4) is 0 Å². The maximum absolute atomic E-state index is 12.4. The van der Waals surface area contributed by atoms with Gasteiger partial charge in [0.1, 0.15) is 5.75 Å². The van der Waals surface area contributed by atoms with Crippen LogP contribution in [0.4, 0.5) is 0 Å². The van der Waals surface area contributed by atoms with E-state index in [-0.39, 0.29) is 6.42 Å². The lowest BCUT2D eigenvalue weighted by molar-refractivity contribution is -0.133. The smallest absolute Gasteiger partial charge is 0.315 e. The summed E-state index contributed by atoms with van der Waals surface area (Å²) in [5, 5.41) is 10.1. The number of hydrogen-bond acceptors (Lipinski definition) is 5. The number of nitrogens with zero attached hydrogens (tertiary/aromatic N) is 1. The summed E-state index contributed by atoms with van der Waals surface area (Å²) in [5.74, 6) is 1.11. The number of esters is 1. The maximum atomic E-state index is 12.4. The van der Waals surface area contributed by atoms with Crippen molar-refractivity contribution in [2.45, 2.75) is 6.42 Å². The highest BCUT2D eigenvalue weighted by Crippen LogP contribution is 2.28. The van der Waals surface area contributed by atoms with Gasteiger partial charge in [0.2, 0.25) is 0 Å². The number of benzene rings is 3. The molecule has 5 nitrogen and oxygen atoms in total. The van der Waals surface area contributed by atoms with Gasteiger partial charge in [-0.05, 0) is 59.2 Å². The minimum atomic E-state index is -0.413. The Balaban J connectivity index is 1.74. The van der Waals surface area contributed by atoms with E-state index in [1.54, 1.807) is 67.8 Å². The fraction of sp³-hybridized carbons (Fsp3) is 0.120. The van der Waals surface area contributed by atoms with Crippen LogP contribution in [0.2, 0.25) is 5.02 Å². The highest BCUT2D eigenvalue weighted by molar-refractivity contribution is 6.30. The van der Waals surface area contributed by atoms with Crippen LogP contribution in [0, 0.1) is 11.3 Å². The number of carbonyl (C=O) groups excluding carboxylic acids is 1. The third kappa shape index (κ3) is 5.88. The van der Waals surface area contributed by atoms with Crippen molar-refractivity contribution in [1.29, 1.82) is 5.26 Å². The molecule has 0 bridgehead atoms. The first-order valence-corrected chi connectivity index (χ1v) is 9.79. The predicted molar refractivity (Wildman–Crippen MR) is 120 cm³/mol. The standard InChI is InChI=1S/C25H20ClNO4/c1-29-23-10-9-18(13-24(23)30-2)14-25(28)31-22-8-3-5-17(12-22)11-20(16-27)19-6-4-7-21(26)15-19/h3-13,15H,14H2,1-2H3/b20-11-. The van der Waals surface area contributed by atoms with Gasteiger partial charge in [-0.1, -0.05) is 41.9 Å². The van der Waals surface area contributed by atoms with Crippen molar-refractivity contribution in [2.75, 3.05) is 14.2 Å². The molecule has 0 radical (unpaired) electrons. The molecule has 0 amide bonds. The molecule has 0 aliphatic heterocycles. The molecule has 3 rings (SSSR count). The molecule has 0 unspecified atom stereocenters. The van der Waals surface area contributed by atoms with E-state index in [0.717, 1.165) is 11.1 Å². The molecule has 0 fully saturated rings. The second-order valence-electron chi connectivity index (χ2n) is 6.59. The van der Waals surface area contributed by atoms with E-state index in [2.05, 4.69) is 6.07 Å². The minimum absolute atomic E-state index is 0.0758. The second-order valence-corrected chi connectivity index (χ2v) is 7.03. The molecular formula is C25H20ClNO4. The maximum Gasteiger partial charge on any atom is 0.315 e. The van der Waals surface area contributed by atoms with Crippen LogP contribution in [0.1, 0.15) is 16.7 Å². The highest BCUT2D eigenvalue weighted by Gasteiger charge is 2.11. The van der Waals surface area contributed by atoms with Crippen molar-refractivity contribution in [1.82, 2.24) is 0 Å². The van der Waals surface area contributed by atoms with Crippen LogP contribution >= 0.6 is 11.6 Å². The average Bonchev–Trinajstić information content (AvgIpc) is 2.77. The average molecular weight is 434 g/mol. The Morgan fingerprint density at radius 1 is 1.00 bits per heavy atom. The molecule has 0 aromatic heterocycles. The van der Waals surface area contributed by atoms with Crippen LogP contribution < -0.4 is 14.2 Å². The van der Waals surface area contributed by atoms with Crippen molar-refractivity contribution in [2.24, 2.45) is 0 Å².